The minimum absolute atomic E-state index is 0.207. The predicted octanol–water partition coefficient (Wildman–Crippen LogP) is 3.33. The Hall–Kier alpha value is -3.35. The number of hydrogen-bond donors (Lipinski definition) is 2. The normalized spacial score (nSPS) is 16.7. The van der Waals surface area contributed by atoms with Crippen LogP contribution in [0.25, 0.3) is 11.1 Å². The van der Waals surface area contributed by atoms with Crippen LogP contribution in [0.1, 0.15) is 36.7 Å². The number of rotatable bonds is 4. The number of nitrogens with zero attached hydrogens (tertiary/aromatic N) is 1. The van der Waals surface area contributed by atoms with Crippen LogP contribution in [0.2, 0.25) is 0 Å². The van der Waals surface area contributed by atoms with Gasteiger partial charge in [0.15, 0.2) is 0 Å². The summed E-state index contributed by atoms with van der Waals surface area (Å²) >= 11 is 0. The topological polar surface area (TPSA) is 95.9 Å². The summed E-state index contributed by atoms with van der Waals surface area (Å²) in [5.74, 6) is -1.20. The number of carboxylic acid groups (broad SMARTS) is 1. The fraction of sp³-hybridized carbons (Fsp3) is 0.348. The van der Waals surface area contributed by atoms with Gasteiger partial charge in [-0.25, -0.2) is 9.59 Å². The van der Waals surface area contributed by atoms with Gasteiger partial charge in [-0.2, -0.15) is 0 Å². The third kappa shape index (κ3) is 4.97. The van der Waals surface area contributed by atoms with E-state index in [1.165, 1.54) is 4.90 Å². The molecule has 7 nitrogen and oxygen atoms in total. The van der Waals surface area contributed by atoms with Gasteiger partial charge in [0.1, 0.15) is 11.6 Å². The first kappa shape index (κ1) is 21.4. The van der Waals surface area contributed by atoms with E-state index in [1.807, 2.05) is 24.3 Å². The maximum atomic E-state index is 12.7. The lowest BCUT2D eigenvalue weighted by atomic mass is 9.93. The summed E-state index contributed by atoms with van der Waals surface area (Å²) in [5.41, 5.74) is 2.17. The number of carbonyl (C=O) groups is 3. The number of ether oxygens (including phenoxy) is 1. The fourth-order valence-electron chi connectivity index (χ4n) is 3.44. The van der Waals surface area contributed by atoms with Crippen LogP contribution in [0, 0.1) is 0 Å². The highest BCUT2D eigenvalue weighted by atomic mass is 16.6. The molecule has 2 N–H and O–H groups in total. The predicted molar refractivity (Wildman–Crippen MR) is 112 cm³/mol. The molecule has 0 aromatic heterocycles. The van der Waals surface area contributed by atoms with Crippen LogP contribution in [-0.2, 0) is 16.0 Å². The number of hydrogen-bond acceptors (Lipinski definition) is 4. The third-order valence-electron chi connectivity index (χ3n) is 4.83. The molecule has 0 spiro atoms. The first-order valence-corrected chi connectivity index (χ1v) is 9.85. The Morgan fingerprint density at radius 3 is 2.43 bits per heavy atom. The van der Waals surface area contributed by atoms with Crippen molar-refractivity contribution in [1.29, 1.82) is 0 Å². The van der Waals surface area contributed by atoms with Gasteiger partial charge >= 0.3 is 12.1 Å². The fourth-order valence-corrected chi connectivity index (χ4v) is 3.44. The van der Waals surface area contributed by atoms with Crippen LogP contribution in [0.15, 0.2) is 48.5 Å². The van der Waals surface area contributed by atoms with E-state index < -0.39 is 23.7 Å². The number of aromatic carboxylic acids is 1. The molecule has 1 unspecified atom stereocenters. The van der Waals surface area contributed by atoms with E-state index >= 15 is 0 Å². The van der Waals surface area contributed by atoms with Crippen molar-refractivity contribution >= 4 is 18.0 Å². The average molecular weight is 410 g/mol. The van der Waals surface area contributed by atoms with Crippen molar-refractivity contribution < 1.29 is 24.2 Å². The minimum atomic E-state index is -0.985. The van der Waals surface area contributed by atoms with Crippen LogP contribution in [0.4, 0.5) is 4.79 Å². The first-order chi connectivity index (χ1) is 14.2. The molecule has 0 bridgehead atoms. The highest BCUT2D eigenvalue weighted by molar-refractivity contribution is 5.89. The monoisotopic (exact) mass is 410 g/mol. The zero-order valence-corrected chi connectivity index (χ0v) is 17.3. The largest absolute Gasteiger partial charge is 0.478 e. The van der Waals surface area contributed by atoms with Gasteiger partial charge in [0.2, 0.25) is 5.91 Å². The van der Waals surface area contributed by atoms with E-state index in [9.17, 15) is 14.4 Å². The van der Waals surface area contributed by atoms with Gasteiger partial charge in [-0.05, 0) is 49.6 Å². The quantitative estimate of drug-likeness (QED) is 0.806. The third-order valence-corrected chi connectivity index (χ3v) is 4.83. The van der Waals surface area contributed by atoms with Gasteiger partial charge in [-0.15, -0.1) is 0 Å². The Morgan fingerprint density at radius 1 is 1.13 bits per heavy atom. The lowest BCUT2D eigenvalue weighted by Gasteiger charge is -2.36. The molecule has 1 atom stereocenters. The summed E-state index contributed by atoms with van der Waals surface area (Å²) < 4.78 is 5.50. The molecule has 0 saturated carbocycles. The first-order valence-electron chi connectivity index (χ1n) is 9.85. The van der Waals surface area contributed by atoms with Gasteiger partial charge in [-0.1, -0.05) is 36.4 Å². The lowest BCUT2D eigenvalue weighted by Crippen LogP contribution is -2.58. The van der Waals surface area contributed by atoms with Crippen LogP contribution >= 0.6 is 0 Å². The van der Waals surface area contributed by atoms with Crippen molar-refractivity contribution in [1.82, 2.24) is 10.2 Å². The van der Waals surface area contributed by atoms with Gasteiger partial charge < -0.3 is 15.2 Å². The number of amides is 2. The standard InChI is InChI=1S/C23H26N2O5/c1-23(2,3)30-22(29)25-13-12-24-20(26)19(25)14-17-6-4-5-7-18(17)15-8-10-16(11-9-15)21(27)28/h4-11,19H,12-14H2,1-3H3,(H,24,26)(H,27,28). The maximum Gasteiger partial charge on any atom is 0.411 e. The summed E-state index contributed by atoms with van der Waals surface area (Å²) in [6.07, 6.45) is -0.187. The SMILES string of the molecule is CC(C)(C)OC(=O)N1CCNC(=O)C1Cc1ccccc1-c1ccc(C(=O)O)cc1. The molecule has 0 radical (unpaired) electrons. The molecule has 1 aliphatic heterocycles. The highest BCUT2D eigenvalue weighted by Gasteiger charge is 2.36. The summed E-state index contributed by atoms with van der Waals surface area (Å²) in [6.45, 7) is 6.13. The Morgan fingerprint density at radius 2 is 1.80 bits per heavy atom. The van der Waals surface area contributed by atoms with Crippen molar-refractivity contribution in [2.45, 2.75) is 38.8 Å². The molecule has 2 aromatic rings. The molecular formula is C23H26N2O5. The van der Waals surface area contributed by atoms with E-state index in [0.717, 1.165) is 16.7 Å². The van der Waals surface area contributed by atoms with Gasteiger partial charge in [-0.3, -0.25) is 9.69 Å². The second-order valence-corrected chi connectivity index (χ2v) is 8.22. The van der Waals surface area contributed by atoms with E-state index in [4.69, 9.17) is 9.84 Å². The van der Waals surface area contributed by atoms with Crippen molar-refractivity contribution in [3.8, 4) is 11.1 Å². The number of benzene rings is 2. The van der Waals surface area contributed by atoms with E-state index in [0.29, 0.717) is 19.5 Å². The van der Waals surface area contributed by atoms with Crippen LogP contribution in [0.5, 0.6) is 0 Å². The molecule has 30 heavy (non-hydrogen) atoms. The number of carbonyl (C=O) groups excluding carboxylic acids is 2. The Kier molecular flexibility index (Phi) is 6.10. The lowest BCUT2D eigenvalue weighted by molar-refractivity contribution is -0.128. The smallest absolute Gasteiger partial charge is 0.411 e. The van der Waals surface area contributed by atoms with Gasteiger partial charge in [0.25, 0.3) is 0 Å². The second-order valence-electron chi connectivity index (χ2n) is 8.22. The molecule has 2 amide bonds. The summed E-state index contributed by atoms with van der Waals surface area (Å²) in [7, 11) is 0. The molecule has 2 aromatic carbocycles. The Labute approximate surface area is 175 Å². The van der Waals surface area contributed by atoms with Gasteiger partial charge in [0.05, 0.1) is 5.56 Å². The number of piperazine rings is 1. The Balaban J connectivity index is 1.89. The molecule has 3 rings (SSSR count). The van der Waals surface area contributed by atoms with Crippen LogP contribution in [0.3, 0.4) is 0 Å². The van der Waals surface area contributed by atoms with Crippen molar-refractivity contribution in [3.05, 3.63) is 59.7 Å². The summed E-state index contributed by atoms with van der Waals surface area (Å²) in [6, 6.07) is 13.5. The molecule has 1 aliphatic rings. The maximum absolute atomic E-state index is 12.7. The van der Waals surface area contributed by atoms with E-state index in [1.54, 1.807) is 45.0 Å². The average Bonchev–Trinajstić information content (AvgIpc) is 2.68. The Bertz CT molecular complexity index is 947. The minimum Gasteiger partial charge on any atom is -0.478 e. The van der Waals surface area contributed by atoms with Crippen LogP contribution < -0.4 is 5.32 Å². The number of carboxylic acids is 1. The summed E-state index contributed by atoms with van der Waals surface area (Å²) in [4.78, 5) is 37.9. The molecule has 1 heterocycles. The van der Waals surface area contributed by atoms with E-state index in [2.05, 4.69) is 5.32 Å². The molecule has 158 valence electrons. The molecule has 0 aliphatic carbocycles. The van der Waals surface area contributed by atoms with Crippen molar-refractivity contribution in [2.75, 3.05) is 13.1 Å². The zero-order valence-electron chi connectivity index (χ0n) is 17.3. The van der Waals surface area contributed by atoms with Crippen LogP contribution in [-0.4, -0.2) is 52.7 Å². The van der Waals surface area contributed by atoms with Crippen molar-refractivity contribution in [2.24, 2.45) is 0 Å². The summed E-state index contributed by atoms with van der Waals surface area (Å²) in [5, 5.41) is 11.9. The van der Waals surface area contributed by atoms with Gasteiger partial charge in [0, 0.05) is 19.5 Å². The molecule has 1 saturated heterocycles. The van der Waals surface area contributed by atoms with Crippen molar-refractivity contribution in [3.63, 3.8) is 0 Å². The molecule has 7 heteroatoms. The highest BCUT2D eigenvalue weighted by Crippen LogP contribution is 2.27. The second kappa shape index (κ2) is 8.57. The molecule has 1 fully saturated rings. The van der Waals surface area contributed by atoms with E-state index in [-0.39, 0.29) is 11.5 Å². The zero-order chi connectivity index (χ0) is 21.9. The number of nitrogens with one attached hydrogen (secondary N) is 1. The molecular weight excluding hydrogens is 384 g/mol.